The van der Waals surface area contributed by atoms with Crippen molar-refractivity contribution in [2.24, 2.45) is 0 Å². The van der Waals surface area contributed by atoms with E-state index in [1.807, 2.05) is 37.3 Å². The number of alkyl carbamates (subject to hydrolysis) is 1. The predicted octanol–water partition coefficient (Wildman–Crippen LogP) is 1.74. The van der Waals surface area contributed by atoms with Crippen LogP contribution in [-0.4, -0.2) is 84.0 Å². The first-order valence-corrected chi connectivity index (χ1v) is 13.4. The number of amides is 4. The van der Waals surface area contributed by atoms with Gasteiger partial charge in [-0.25, -0.2) is 9.59 Å². The van der Waals surface area contributed by atoms with Crippen molar-refractivity contribution >= 4 is 29.8 Å². The summed E-state index contributed by atoms with van der Waals surface area (Å²) in [4.78, 5) is 65.8. The van der Waals surface area contributed by atoms with Crippen LogP contribution < -0.4 is 10.6 Å². The fourth-order valence-electron chi connectivity index (χ4n) is 4.96. The van der Waals surface area contributed by atoms with Crippen molar-refractivity contribution in [1.29, 1.82) is 0 Å². The normalized spacial score (nSPS) is 18.6. The minimum absolute atomic E-state index is 0.110. The number of nitrogens with zero attached hydrogens (tertiary/aromatic N) is 2. The standard InChI is InChI=1S/C27H38N4O7/c1-3-16-31-22(32)21(12-8-9-15-28-26(36)38-19-20-10-6-5-7-11-20)29-25(35)27(31)13-17-30(18-14-27)23(33)24(34)37-4-2/h5-7,10-11,21H,3-4,8-9,12-19H2,1-2H3,(H,28,36)(H,29,35)/t21-/m0/s1. The predicted molar refractivity (Wildman–Crippen MR) is 138 cm³/mol. The van der Waals surface area contributed by atoms with Crippen LogP contribution in [0.3, 0.4) is 0 Å². The fraction of sp³-hybridized carbons (Fsp3) is 0.593. The maximum atomic E-state index is 13.4. The van der Waals surface area contributed by atoms with Gasteiger partial charge in [0.25, 0.3) is 0 Å². The van der Waals surface area contributed by atoms with Crippen molar-refractivity contribution < 1.29 is 33.4 Å². The zero-order chi connectivity index (χ0) is 27.5. The molecule has 3 rings (SSSR count). The number of esters is 1. The van der Waals surface area contributed by atoms with Crippen molar-refractivity contribution in [3.05, 3.63) is 35.9 Å². The van der Waals surface area contributed by atoms with Crippen molar-refractivity contribution in [2.75, 3.05) is 32.8 Å². The molecule has 1 spiro atoms. The van der Waals surface area contributed by atoms with Crippen LogP contribution in [0.2, 0.25) is 0 Å². The third-order valence-corrected chi connectivity index (χ3v) is 6.99. The number of likely N-dealkylation sites (tertiary alicyclic amines) is 1. The first-order valence-electron chi connectivity index (χ1n) is 13.4. The van der Waals surface area contributed by atoms with Gasteiger partial charge in [0.05, 0.1) is 6.61 Å². The van der Waals surface area contributed by atoms with Crippen molar-refractivity contribution in [1.82, 2.24) is 20.4 Å². The molecule has 1 aromatic rings. The first kappa shape index (κ1) is 28.9. The van der Waals surface area contributed by atoms with Crippen LogP contribution in [0.4, 0.5) is 4.79 Å². The summed E-state index contributed by atoms with van der Waals surface area (Å²) in [5.41, 5.74) is -0.126. The lowest BCUT2D eigenvalue weighted by molar-refractivity contribution is -0.166. The number of hydrogen-bond acceptors (Lipinski definition) is 7. The van der Waals surface area contributed by atoms with E-state index in [9.17, 15) is 24.0 Å². The molecule has 0 aromatic heterocycles. The molecule has 208 valence electrons. The lowest BCUT2D eigenvalue weighted by atomic mass is 9.81. The Labute approximate surface area is 223 Å². The molecule has 2 aliphatic heterocycles. The first-order chi connectivity index (χ1) is 18.3. The van der Waals surface area contributed by atoms with Crippen LogP contribution in [0, 0.1) is 0 Å². The quantitative estimate of drug-likeness (QED) is 0.267. The average Bonchev–Trinajstić information content (AvgIpc) is 2.93. The summed E-state index contributed by atoms with van der Waals surface area (Å²) in [6.07, 6.45) is 2.42. The molecule has 0 bridgehead atoms. The van der Waals surface area contributed by atoms with Crippen molar-refractivity contribution in [3.8, 4) is 0 Å². The van der Waals surface area contributed by atoms with Gasteiger partial charge in [0, 0.05) is 26.2 Å². The molecule has 2 heterocycles. The summed E-state index contributed by atoms with van der Waals surface area (Å²) < 4.78 is 9.99. The summed E-state index contributed by atoms with van der Waals surface area (Å²) in [5, 5.41) is 5.61. The van der Waals surface area contributed by atoms with E-state index in [1.165, 1.54) is 4.90 Å². The topological polar surface area (TPSA) is 134 Å². The van der Waals surface area contributed by atoms with Gasteiger partial charge in [-0.1, -0.05) is 37.3 Å². The number of benzene rings is 1. The number of rotatable bonds is 10. The maximum Gasteiger partial charge on any atom is 0.407 e. The van der Waals surface area contributed by atoms with E-state index in [2.05, 4.69) is 10.6 Å². The monoisotopic (exact) mass is 530 g/mol. The highest BCUT2D eigenvalue weighted by Gasteiger charge is 2.53. The Balaban J connectivity index is 1.46. The Morgan fingerprint density at radius 1 is 1.05 bits per heavy atom. The zero-order valence-electron chi connectivity index (χ0n) is 22.2. The molecule has 2 saturated heterocycles. The Bertz CT molecular complexity index is 992. The van der Waals surface area contributed by atoms with E-state index in [-0.39, 0.29) is 51.0 Å². The molecule has 2 fully saturated rings. The number of carbonyl (C=O) groups excluding carboxylic acids is 5. The molecule has 0 saturated carbocycles. The molecule has 0 aliphatic carbocycles. The van der Waals surface area contributed by atoms with Gasteiger partial charge in [-0.2, -0.15) is 0 Å². The molecule has 1 atom stereocenters. The molecule has 38 heavy (non-hydrogen) atoms. The molecule has 4 amide bonds. The van der Waals surface area contributed by atoms with E-state index in [1.54, 1.807) is 11.8 Å². The molecule has 0 radical (unpaired) electrons. The molecule has 2 N–H and O–H groups in total. The summed E-state index contributed by atoms with van der Waals surface area (Å²) >= 11 is 0. The van der Waals surface area contributed by atoms with Gasteiger partial charge < -0.3 is 29.9 Å². The molecular weight excluding hydrogens is 492 g/mol. The van der Waals surface area contributed by atoms with E-state index in [0.717, 1.165) is 5.56 Å². The summed E-state index contributed by atoms with van der Waals surface area (Å²) in [6, 6.07) is 8.76. The Hall–Kier alpha value is -3.63. The van der Waals surface area contributed by atoms with E-state index in [0.29, 0.717) is 38.8 Å². The molecule has 11 heteroatoms. The lowest BCUT2D eigenvalue weighted by Gasteiger charge is -2.51. The number of ether oxygens (including phenoxy) is 2. The molecule has 1 aromatic carbocycles. The minimum atomic E-state index is -1.03. The highest BCUT2D eigenvalue weighted by molar-refractivity contribution is 6.32. The van der Waals surface area contributed by atoms with Crippen LogP contribution in [0.5, 0.6) is 0 Å². The number of piperidine rings is 1. The summed E-state index contributed by atoms with van der Waals surface area (Å²) in [7, 11) is 0. The minimum Gasteiger partial charge on any atom is -0.459 e. The highest BCUT2D eigenvalue weighted by atomic mass is 16.5. The van der Waals surface area contributed by atoms with Gasteiger partial charge in [0.2, 0.25) is 11.8 Å². The maximum absolute atomic E-state index is 13.4. The van der Waals surface area contributed by atoms with E-state index >= 15 is 0 Å². The van der Waals surface area contributed by atoms with Crippen LogP contribution in [0.25, 0.3) is 0 Å². The second kappa shape index (κ2) is 13.8. The molecule has 2 aliphatic rings. The Kier molecular flexibility index (Phi) is 10.5. The number of piperazine rings is 1. The van der Waals surface area contributed by atoms with Crippen LogP contribution in [0.1, 0.15) is 57.9 Å². The average molecular weight is 531 g/mol. The molecule has 11 nitrogen and oxygen atoms in total. The van der Waals surface area contributed by atoms with Gasteiger partial charge in [0.1, 0.15) is 18.2 Å². The zero-order valence-corrected chi connectivity index (χ0v) is 22.2. The summed E-state index contributed by atoms with van der Waals surface area (Å²) in [5.74, 6) is -1.98. The highest BCUT2D eigenvalue weighted by Crippen LogP contribution is 2.34. The van der Waals surface area contributed by atoms with E-state index < -0.39 is 29.6 Å². The second-order valence-corrected chi connectivity index (χ2v) is 9.54. The van der Waals surface area contributed by atoms with Crippen LogP contribution in [-0.2, 0) is 35.3 Å². The van der Waals surface area contributed by atoms with Crippen molar-refractivity contribution in [2.45, 2.75) is 70.6 Å². The smallest absolute Gasteiger partial charge is 0.407 e. The largest absolute Gasteiger partial charge is 0.459 e. The van der Waals surface area contributed by atoms with Crippen LogP contribution >= 0.6 is 0 Å². The van der Waals surface area contributed by atoms with Crippen molar-refractivity contribution in [3.63, 3.8) is 0 Å². The Morgan fingerprint density at radius 2 is 1.76 bits per heavy atom. The molecule has 0 unspecified atom stereocenters. The van der Waals surface area contributed by atoms with Gasteiger partial charge in [-0.15, -0.1) is 0 Å². The number of unbranched alkanes of at least 4 members (excludes halogenated alkanes) is 1. The van der Waals surface area contributed by atoms with Gasteiger partial charge in [-0.05, 0) is 51.0 Å². The lowest BCUT2D eigenvalue weighted by Crippen LogP contribution is -2.73. The van der Waals surface area contributed by atoms with Crippen LogP contribution in [0.15, 0.2) is 30.3 Å². The SMILES string of the molecule is CCCN1C(=O)[C@H](CCCCNC(=O)OCc2ccccc2)NC(=O)C12CCN(C(=O)C(=O)OCC)CC2. The number of carbonyl (C=O) groups is 5. The third kappa shape index (κ3) is 7.02. The molecular formula is C27H38N4O7. The fourth-order valence-corrected chi connectivity index (χ4v) is 4.96. The summed E-state index contributed by atoms with van der Waals surface area (Å²) in [6.45, 7) is 5.09. The second-order valence-electron chi connectivity index (χ2n) is 9.54. The van der Waals surface area contributed by atoms with E-state index in [4.69, 9.17) is 9.47 Å². The number of hydrogen-bond donors (Lipinski definition) is 2. The number of nitrogens with one attached hydrogen (secondary N) is 2. The van der Waals surface area contributed by atoms with Gasteiger partial charge in [0.15, 0.2) is 0 Å². The Morgan fingerprint density at radius 3 is 2.42 bits per heavy atom. The van der Waals surface area contributed by atoms with Gasteiger partial charge >= 0.3 is 18.0 Å². The van der Waals surface area contributed by atoms with Gasteiger partial charge in [-0.3, -0.25) is 14.4 Å². The third-order valence-electron chi connectivity index (χ3n) is 6.99.